The quantitative estimate of drug-likeness (QED) is 0.309. The van der Waals surface area contributed by atoms with Gasteiger partial charge in [-0.2, -0.15) is 17.6 Å². The number of alkyl halides is 6. The average Bonchev–Trinajstić information content (AvgIpc) is 3.00. The largest absolute Gasteiger partial charge is 0.743 e. The highest BCUT2D eigenvalue weighted by Crippen LogP contribution is 2.42. The van der Waals surface area contributed by atoms with E-state index in [1.165, 1.54) is 29.2 Å². The fourth-order valence-electron chi connectivity index (χ4n) is 1.62. The lowest BCUT2D eigenvalue weighted by atomic mass is 10.2. The van der Waals surface area contributed by atoms with Crippen molar-refractivity contribution in [3.8, 4) is 0 Å². The predicted octanol–water partition coefficient (Wildman–Crippen LogP) is 3.88. The third-order valence-corrected chi connectivity index (χ3v) is 8.35. The highest BCUT2D eigenvalue weighted by molar-refractivity contribution is 8.74. The summed E-state index contributed by atoms with van der Waals surface area (Å²) in [5, 5.41) is -6.31. The number of hydrogen-bond donors (Lipinski definition) is 0. The Bertz CT molecular complexity index is 634. The summed E-state index contributed by atoms with van der Waals surface area (Å²) in [4.78, 5) is 0. The third kappa shape index (κ3) is 5.97. The molecular weight excluding hydrogens is 414 g/mol. The van der Waals surface area contributed by atoms with Crippen molar-refractivity contribution in [3.63, 3.8) is 0 Å². The monoisotopic (exact) mass is 428 g/mol. The van der Waals surface area contributed by atoms with Gasteiger partial charge in [-0.3, -0.25) is 0 Å². The first-order valence-electron chi connectivity index (χ1n) is 6.73. The minimum atomic E-state index is -6.82. The van der Waals surface area contributed by atoms with Crippen molar-refractivity contribution < 1.29 is 39.3 Å². The van der Waals surface area contributed by atoms with E-state index in [1.54, 1.807) is 0 Å². The summed E-state index contributed by atoms with van der Waals surface area (Å²) in [6.45, 7) is 0. The van der Waals surface area contributed by atoms with Gasteiger partial charge in [0.2, 0.25) is 0 Å². The number of benzene rings is 1. The first kappa shape index (κ1) is 22.5. The van der Waals surface area contributed by atoms with Gasteiger partial charge in [-0.05, 0) is 0 Å². The molecule has 1 aromatic rings. The smallest absolute Gasteiger partial charge is 0.402 e. The van der Waals surface area contributed by atoms with Crippen LogP contribution in [0.5, 0.6) is 0 Å². The molecule has 0 saturated carbocycles. The van der Waals surface area contributed by atoms with Gasteiger partial charge < -0.3 is 4.55 Å². The first-order valence-corrected chi connectivity index (χ1v) is 11.2. The highest BCUT2D eigenvalue weighted by Gasteiger charge is 2.67. The predicted molar refractivity (Wildman–Crippen MR) is 85.0 cm³/mol. The maximum absolute atomic E-state index is 11.8. The van der Waals surface area contributed by atoms with Crippen LogP contribution in [-0.2, 0) is 25.8 Å². The Morgan fingerprint density at radius 2 is 1.72 bits per heavy atom. The molecule has 0 aliphatic carbocycles. The molecule has 144 valence electrons. The maximum Gasteiger partial charge on any atom is 0.402 e. The fraction of sp³-hybridized carbons (Fsp3) is 0.538. The molecule has 1 heterocycles. The first-order chi connectivity index (χ1) is 11.4. The van der Waals surface area contributed by atoms with E-state index in [-0.39, 0.29) is 0 Å². The van der Waals surface area contributed by atoms with E-state index in [9.17, 15) is 39.3 Å². The van der Waals surface area contributed by atoms with Crippen molar-refractivity contribution in [2.75, 3.05) is 11.5 Å². The molecule has 0 amide bonds. The van der Waals surface area contributed by atoms with Gasteiger partial charge in [-0.1, -0.05) is 30.3 Å². The molecule has 12 heteroatoms. The molecule has 1 atom stereocenters. The van der Waals surface area contributed by atoms with Crippen LogP contribution in [0.2, 0.25) is 0 Å². The van der Waals surface area contributed by atoms with Gasteiger partial charge in [0, 0.05) is 17.7 Å². The molecule has 0 bridgehead atoms. The fourth-order valence-corrected chi connectivity index (χ4v) is 6.53. The molecule has 0 radical (unpaired) electrons. The van der Waals surface area contributed by atoms with Gasteiger partial charge in [-0.15, -0.1) is 0 Å². The molecular formula is C13H14F6O3S3. The van der Waals surface area contributed by atoms with Crippen LogP contribution in [0.15, 0.2) is 30.3 Å². The number of rotatable bonds is 5. The molecule has 1 fully saturated rings. The van der Waals surface area contributed by atoms with Crippen molar-refractivity contribution in [1.82, 2.24) is 0 Å². The van der Waals surface area contributed by atoms with E-state index >= 15 is 0 Å². The normalized spacial score (nSPS) is 18.8. The molecule has 3 nitrogen and oxygen atoms in total. The van der Waals surface area contributed by atoms with Crippen LogP contribution in [0.4, 0.5) is 26.3 Å². The summed E-state index contributed by atoms with van der Waals surface area (Å²) in [5.41, 5.74) is 1.51. The van der Waals surface area contributed by atoms with E-state index in [2.05, 4.69) is 41.1 Å². The van der Waals surface area contributed by atoms with Gasteiger partial charge in [0.25, 0.3) is 0 Å². The Labute approximate surface area is 147 Å². The third-order valence-electron chi connectivity index (χ3n) is 2.91. The maximum atomic E-state index is 11.8. The summed E-state index contributed by atoms with van der Waals surface area (Å²) in [6.07, 6.45) is -3.51. The van der Waals surface area contributed by atoms with Gasteiger partial charge in [0.05, 0.1) is 20.7 Å². The van der Waals surface area contributed by atoms with Gasteiger partial charge >= 0.3 is 17.6 Å². The summed E-state index contributed by atoms with van der Waals surface area (Å²) in [7, 11) is -4.02. The molecule has 25 heavy (non-hydrogen) atoms. The molecule has 0 aromatic heterocycles. The van der Waals surface area contributed by atoms with Gasteiger partial charge in [0.15, 0.2) is 10.1 Å². The summed E-state index contributed by atoms with van der Waals surface area (Å²) >= 11 is 0. The second-order valence-corrected chi connectivity index (χ2v) is 10.6. The molecule has 1 saturated heterocycles. The van der Waals surface area contributed by atoms with E-state index in [0.29, 0.717) is 9.93 Å². The average molecular weight is 428 g/mol. The van der Waals surface area contributed by atoms with E-state index in [1.807, 2.05) is 0 Å². The second-order valence-electron chi connectivity index (χ2n) is 4.84. The molecule has 1 aliphatic rings. The Balaban J connectivity index is 0.000000250. The van der Waals surface area contributed by atoms with Crippen LogP contribution in [0.3, 0.4) is 0 Å². The van der Waals surface area contributed by atoms with Crippen LogP contribution in [0.25, 0.3) is 0 Å². The molecule has 2 rings (SSSR count). The minimum absolute atomic E-state index is 0.638. The Morgan fingerprint density at radius 1 is 1.16 bits per heavy atom. The lowest BCUT2D eigenvalue weighted by molar-refractivity contribution is -0.227. The van der Waals surface area contributed by atoms with Crippen molar-refractivity contribution in [3.05, 3.63) is 35.9 Å². The van der Waals surface area contributed by atoms with Crippen LogP contribution in [-0.4, -0.2) is 42.1 Å². The highest BCUT2D eigenvalue weighted by atomic mass is 33.1. The number of halogens is 6. The zero-order chi connectivity index (χ0) is 19.3. The molecule has 0 N–H and O–H groups in total. The molecule has 1 aromatic carbocycles. The Kier molecular flexibility index (Phi) is 7.96. The van der Waals surface area contributed by atoms with Crippen molar-refractivity contribution in [2.45, 2.75) is 29.8 Å². The van der Waals surface area contributed by atoms with E-state index in [0.717, 1.165) is 0 Å². The van der Waals surface area contributed by atoms with Crippen molar-refractivity contribution in [2.24, 2.45) is 0 Å². The lowest BCUT2D eigenvalue weighted by Gasteiger charge is -2.27. The van der Waals surface area contributed by atoms with Crippen molar-refractivity contribution in [1.29, 1.82) is 0 Å². The zero-order valence-corrected chi connectivity index (χ0v) is 15.0. The Morgan fingerprint density at radius 3 is 2.08 bits per heavy atom. The lowest BCUT2D eigenvalue weighted by Crippen LogP contribution is -2.51. The standard InChI is InChI=1S/C10H13S2.C3H2F6O3S/c1-2-5-10(6-3-1)9-12-8-4-7-11-12;4-1(5)2(6,7)3(8,9)13(10,11)12/h1-3,5-6H,4,7-9H2;1H,(H,10,11,12)/q+1;/p-1. The van der Waals surface area contributed by atoms with Crippen LogP contribution < -0.4 is 0 Å². The second kappa shape index (κ2) is 8.87. The molecule has 0 spiro atoms. The van der Waals surface area contributed by atoms with Crippen LogP contribution >= 0.6 is 10.8 Å². The van der Waals surface area contributed by atoms with E-state index < -0.39 is 27.7 Å². The van der Waals surface area contributed by atoms with Gasteiger partial charge in [0.1, 0.15) is 11.5 Å². The summed E-state index contributed by atoms with van der Waals surface area (Å²) in [6, 6.07) is 10.9. The molecule has 1 aliphatic heterocycles. The summed E-state index contributed by atoms with van der Waals surface area (Å²) in [5.74, 6) is -2.06. The van der Waals surface area contributed by atoms with Crippen molar-refractivity contribution >= 4 is 30.8 Å². The topological polar surface area (TPSA) is 57.2 Å². The van der Waals surface area contributed by atoms with Crippen LogP contribution in [0, 0.1) is 0 Å². The zero-order valence-electron chi connectivity index (χ0n) is 12.5. The van der Waals surface area contributed by atoms with Gasteiger partial charge in [-0.25, -0.2) is 17.2 Å². The Hall–Kier alpha value is -0.590. The SMILES string of the molecule is O=S(=O)([O-])C(F)(F)C(F)(F)C(F)F.c1ccc(C[S+]2CCCS2)cc1. The van der Waals surface area contributed by atoms with Crippen LogP contribution in [0.1, 0.15) is 12.0 Å². The molecule has 1 unspecified atom stereocenters. The number of hydrogen-bond acceptors (Lipinski definition) is 4. The van der Waals surface area contributed by atoms with E-state index in [4.69, 9.17) is 0 Å². The minimum Gasteiger partial charge on any atom is -0.743 e. The summed E-state index contributed by atoms with van der Waals surface area (Å²) < 4.78 is 98.0.